The lowest BCUT2D eigenvalue weighted by atomic mass is 9.98. The number of allylic oxidation sites excluding steroid dienone is 2. The van der Waals surface area contributed by atoms with Crippen molar-refractivity contribution in [3.8, 4) is 11.1 Å². The number of carbonyl (C=O) groups is 2. The van der Waals surface area contributed by atoms with Gasteiger partial charge in [0.15, 0.2) is 0 Å². The molecule has 0 saturated heterocycles. The van der Waals surface area contributed by atoms with Gasteiger partial charge in [-0.3, -0.25) is 9.28 Å². The Kier molecular flexibility index (Phi) is 6.54. The summed E-state index contributed by atoms with van der Waals surface area (Å²) in [5, 5.41) is 14.6. The number of nitrogens with zero attached hydrogens (tertiary/aromatic N) is 1. The van der Waals surface area contributed by atoms with Crippen LogP contribution in [0.4, 0.5) is 5.69 Å². The molecule has 0 spiro atoms. The molecular formula is C31H29N2O3S+. The average Bonchev–Trinajstić information content (AvgIpc) is 3.50. The first-order valence-electron chi connectivity index (χ1n) is 12.2. The summed E-state index contributed by atoms with van der Waals surface area (Å²) < 4.78 is 0.628. The van der Waals surface area contributed by atoms with Gasteiger partial charge >= 0.3 is 5.97 Å². The van der Waals surface area contributed by atoms with E-state index in [-0.39, 0.29) is 5.91 Å². The van der Waals surface area contributed by atoms with Gasteiger partial charge in [-0.25, -0.2) is 4.79 Å². The highest BCUT2D eigenvalue weighted by atomic mass is 32.1. The number of carboxylic acids is 1. The molecule has 0 fully saturated rings. The maximum atomic E-state index is 12.8. The van der Waals surface area contributed by atoms with Crippen LogP contribution in [0.1, 0.15) is 50.6 Å². The van der Waals surface area contributed by atoms with E-state index in [0.717, 1.165) is 28.1 Å². The Hall–Kier alpha value is -4.00. The molecule has 0 bridgehead atoms. The summed E-state index contributed by atoms with van der Waals surface area (Å²) in [6.07, 6.45) is 0. The van der Waals surface area contributed by atoms with Crippen molar-refractivity contribution in [2.75, 3.05) is 7.05 Å². The molecule has 1 aliphatic rings. The zero-order valence-electron chi connectivity index (χ0n) is 21.1. The van der Waals surface area contributed by atoms with Gasteiger partial charge < -0.3 is 10.4 Å². The van der Waals surface area contributed by atoms with E-state index in [9.17, 15) is 14.7 Å². The summed E-state index contributed by atoms with van der Waals surface area (Å²) in [6, 6.07) is 25.2. The van der Waals surface area contributed by atoms with Crippen LogP contribution in [0.2, 0.25) is 0 Å². The third-order valence-corrected chi connectivity index (χ3v) is 8.28. The van der Waals surface area contributed by atoms with Crippen LogP contribution in [0.5, 0.6) is 0 Å². The molecule has 186 valence electrons. The molecule has 4 aromatic rings. The van der Waals surface area contributed by atoms with Gasteiger partial charge in [0.2, 0.25) is 0 Å². The van der Waals surface area contributed by atoms with E-state index in [1.807, 2.05) is 53.9 Å². The number of rotatable bonds is 7. The van der Waals surface area contributed by atoms with Gasteiger partial charge in [0.25, 0.3) is 5.91 Å². The van der Waals surface area contributed by atoms with E-state index in [4.69, 9.17) is 0 Å². The number of quaternary nitrogens is 1. The van der Waals surface area contributed by atoms with Gasteiger partial charge in [0.05, 0.1) is 19.2 Å². The first kappa shape index (κ1) is 24.7. The standard InChI is InChI=1S/C31H28N2O3S/c1-20-21(2)33(3,19-22-10-12-23(13-11-22)26-8-4-5-9-27(26)31(35)36)29-15-14-24(17-28(20)29)30(34)32-18-25-7-6-16-37-25/h4-17H,18-19H2,1-3H3,(H-,32,34,35,36)/p+1. The number of carboxylic acid groups (broad SMARTS) is 1. The Balaban J connectivity index is 1.39. The second kappa shape index (κ2) is 9.81. The number of benzene rings is 3. The second-order valence-corrected chi connectivity index (χ2v) is 10.6. The molecule has 0 radical (unpaired) electrons. The Morgan fingerprint density at radius 3 is 2.38 bits per heavy atom. The third-order valence-electron chi connectivity index (χ3n) is 7.40. The minimum atomic E-state index is -0.928. The Morgan fingerprint density at radius 2 is 1.68 bits per heavy atom. The predicted octanol–water partition coefficient (Wildman–Crippen LogP) is 6.95. The van der Waals surface area contributed by atoms with Crippen molar-refractivity contribution in [2.24, 2.45) is 0 Å². The molecule has 5 nitrogen and oxygen atoms in total. The van der Waals surface area contributed by atoms with E-state index >= 15 is 0 Å². The van der Waals surface area contributed by atoms with Crippen molar-refractivity contribution in [1.82, 2.24) is 9.80 Å². The fourth-order valence-corrected chi connectivity index (χ4v) is 5.76. The molecule has 1 aromatic heterocycles. The molecule has 2 N–H and O–H groups in total. The van der Waals surface area contributed by atoms with Crippen LogP contribution in [-0.2, 0) is 13.1 Å². The van der Waals surface area contributed by atoms with Crippen LogP contribution in [0.25, 0.3) is 16.7 Å². The molecule has 2 heterocycles. The number of thiophene rings is 1. The van der Waals surface area contributed by atoms with E-state index in [1.54, 1.807) is 23.5 Å². The SMILES string of the molecule is CC1=C(C)[N+](C)(Cc2ccc(-c3ccccc3C(=O)O)cc2)c2ccc(C(=O)NCc3cccs3)cc21. The van der Waals surface area contributed by atoms with Crippen molar-refractivity contribution < 1.29 is 14.7 Å². The Bertz CT molecular complexity index is 1520. The molecule has 37 heavy (non-hydrogen) atoms. The molecule has 1 atom stereocenters. The first-order chi connectivity index (χ1) is 17.8. The number of hydrogen-bond donors (Lipinski definition) is 2. The van der Waals surface area contributed by atoms with Crippen LogP contribution in [0.3, 0.4) is 0 Å². The monoisotopic (exact) mass is 509 g/mol. The highest BCUT2D eigenvalue weighted by molar-refractivity contribution is 7.09. The number of fused-ring (bicyclic) bond motifs is 1. The Labute approximate surface area is 220 Å². The largest absolute Gasteiger partial charge is 0.478 e. The summed E-state index contributed by atoms with van der Waals surface area (Å²) in [5.74, 6) is -0.998. The van der Waals surface area contributed by atoms with Crippen LogP contribution >= 0.6 is 11.3 Å². The van der Waals surface area contributed by atoms with Crippen molar-refractivity contribution >= 4 is 34.5 Å². The summed E-state index contributed by atoms with van der Waals surface area (Å²) in [6.45, 7) is 5.56. The molecule has 1 aliphatic heterocycles. The topological polar surface area (TPSA) is 66.4 Å². The summed E-state index contributed by atoms with van der Waals surface area (Å²) in [5.41, 5.74) is 8.42. The molecule has 0 aliphatic carbocycles. The minimum Gasteiger partial charge on any atom is -0.478 e. The molecule has 0 saturated carbocycles. The predicted molar refractivity (Wildman–Crippen MR) is 150 cm³/mol. The van der Waals surface area contributed by atoms with E-state index in [2.05, 4.69) is 44.4 Å². The average molecular weight is 510 g/mol. The van der Waals surface area contributed by atoms with Gasteiger partial charge in [-0.05, 0) is 47.7 Å². The molecule has 3 aromatic carbocycles. The normalized spacial score (nSPS) is 16.5. The van der Waals surface area contributed by atoms with Crippen LogP contribution < -0.4 is 9.80 Å². The van der Waals surface area contributed by atoms with E-state index in [0.29, 0.717) is 27.7 Å². The molecule has 1 amide bonds. The van der Waals surface area contributed by atoms with Crippen LogP contribution in [0.15, 0.2) is 89.9 Å². The van der Waals surface area contributed by atoms with Gasteiger partial charge in [-0.15, -0.1) is 11.3 Å². The lowest BCUT2D eigenvalue weighted by Gasteiger charge is -2.31. The lowest BCUT2D eigenvalue weighted by molar-refractivity contribution is 0.0697. The van der Waals surface area contributed by atoms with Crippen molar-refractivity contribution in [2.45, 2.75) is 26.9 Å². The van der Waals surface area contributed by atoms with Crippen molar-refractivity contribution in [3.05, 3.63) is 117 Å². The summed E-state index contributed by atoms with van der Waals surface area (Å²) in [7, 11) is 2.20. The van der Waals surface area contributed by atoms with Crippen LogP contribution in [0, 0.1) is 0 Å². The number of amides is 1. The number of hydrogen-bond acceptors (Lipinski definition) is 3. The van der Waals surface area contributed by atoms with Gasteiger partial charge in [-0.2, -0.15) is 0 Å². The van der Waals surface area contributed by atoms with Crippen molar-refractivity contribution in [3.63, 3.8) is 0 Å². The fourth-order valence-electron chi connectivity index (χ4n) is 5.12. The van der Waals surface area contributed by atoms with Gasteiger partial charge in [0, 0.05) is 40.1 Å². The van der Waals surface area contributed by atoms with Crippen molar-refractivity contribution in [1.29, 1.82) is 0 Å². The Morgan fingerprint density at radius 1 is 0.919 bits per heavy atom. The minimum absolute atomic E-state index is 0.0695. The molecule has 1 unspecified atom stereocenters. The summed E-state index contributed by atoms with van der Waals surface area (Å²) >= 11 is 1.63. The number of nitrogens with one attached hydrogen (secondary N) is 1. The maximum Gasteiger partial charge on any atom is 0.336 e. The zero-order valence-corrected chi connectivity index (χ0v) is 21.9. The molecular weight excluding hydrogens is 480 g/mol. The highest BCUT2D eigenvalue weighted by Crippen LogP contribution is 2.45. The second-order valence-electron chi connectivity index (χ2n) is 9.60. The first-order valence-corrected chi connectivity index (χ1v) is 13.1. The maximum absolute atomic E-state index is 12.8. The van der Waals surface area contributed by atoms with Gasteiger partial charge in [-0.1, -0.05) is 48.5 Å². The quantitative estimate of drug-likeness (QED) is 0.265. The molecule has 6 heteroatoms. The molecule has 5 rings (SSSR count). The number of carbonyl (C=O) groups excluding carboxylic acids is 1. The third kappa shape index (κ3) is 4.61. The fraction of sp³-hybridized carbons (Fsp3) is 0.161. The summed E-state index contributed by atoms with van der Waals surface area (Å²) in [4.78, 5) is 25.6. The van der Waals surface area contributed by atoms with Crippen LogP contribution in [-0.4, -0.2) is 24.0 Å². The van der Waals surface area contributed by atoms with E-state index in [1.165, 1.54) is 17.0 Å². The van der Waals surface area contributed by atoms with E-state index < -0.39 is 5.97 Å². The van der Waals surface area contributed by atoms with Gasteiger partial charge in [0.1, 0.15) is 17.9 Å². The number of aromatic carboxylic acids is 1. The lowest BCUT2D eigenvalue weighted by Crippen LogP contribution is -2.40. The zero-order chi connectivity index (χ0) is 26.2. The smallest absolute Gasteiger partial charge is 0.336 e. The highest BCUT2D eigenvalue weighted by Gasteiger charge is 2.39.